The molecule has 2 rings (SSSR count). The molecule has 0 bridgehead atoms. The van der Waals surface area contributed by atoms with Crippen LogP contribution in [0.3, 0.4) is 0 Å². The lowest BCUT2D eigenvalue weighted by Gasteiger charge is -2.02. The van der Waals surface area contributed by atoms with Crippen molar-refractivity contribution in [3.05, 3.63) is 41.3 Å². The van der Waals surface area contributed by atoms with Gasteiger partial charge in [0.2, 0.25) is 0 Å². The summed E-state index contributed by atoms with van der Waals surface area (Å²) in [6, 6.07) is 8.35. The van der Waals surface area contributed by atoms with E-state index in [1.165, 1.54) is 11.1 Å². The number of H-pyrrole nitrogens is 1. The predicted molar refractivity (Wildman–Crippen MR) is 70.9 cm³/mol. The van der Waals surface area contributed by atoms with Gasteiger partial charge in [-0.1, -0.05) is 31.2 Å². The van der Waals surface area contributed by atoms with Gasteiger partial charge in [-0.3, -0.25) is 0 Å². The van der Waals surface area contributed by atoms with Crippen LogP contribution in [-0.2, 0) is 6.54 Å². The van der Waals surface area contributed by atoms with Gasteiger partial charge in [-0.15, -0.1) is 0 Å². The average Bonchev–Trinajstić information content (AvgIpc) is 2.68. The summed E-state index contributed by atoms with van der Waals surface area (Å²) in [6.07, 6.45) is 0. The number of aryl methyl sites for hydroxylation is 2. The van der Waals surface area contributed by atoms with Crippen molar-refractivity contribution in [2.24, 2.45) is 0 Å². The number of nitrogens with zero attached hydrogens (tertiary/aromatic N) is 1. The highest BCUT2D eigenvalue weighted by Crippen LogP contribution is 2.24. The van der Waals surface area contributed by atoms with Crippen LogP contribution < -0.4 is 5.32 Å². The molecule has 0 amide bonds. The van der Waals surface area contributed by atoms with E-state index in [9.17, 15) is 0 Å². The lowest BCUT2D eigenvalue weighted by atomic mass is 10.1. The smallest absolute Gasteiger partial charge is 0.121 e. The van der Waals surface area contributed by atoms with Gasteiger partial charge in [0.25, 0.3) is 0 Å². The van der Waals surface area contributed by atoms with Crippen LogP contribution in [-0.4, -0.2) is 16.5 Å². The van der Waals surface area contributed by atoms with Crippen LogP contribution in [0.2, 0.25) is 0 Å². The zero-order chi connectivity index (χ0) is 12.3. The molecule has 90 valence electrons. The van der Waals surface area contributed by atoms with E-state index in [0.29, 0.717) is 0 Å². The maximum absolute atomic E-state index is 4.66. The summed E-state index contributed by atoms with van der Waals surface area (Å²) < 4.78 is 0. The summed E-state index contributed by atoms with van der Waals surface area (Å²) in [5, 5.41) is 3.28. The van der Waals surface area contributed by atoms with E-state index in [-0.39, 0.29) is 0 Å². The second-order valence-corrected chi connectivity index (χ2v) is 4.25. The molecule has 0 saturated heterocycles. The van der Waals surface area contributed by atoms with Crippen molar-refractivity contribution in [3.63, 3.8) is 0 Å². The maximum atomic E-state index is 4.66. The molecular formula is C14H19N3. The first-order valence-electron chi connectivity index (χ1n) is 6.04. The maximum Gasteiger partial charge on any atom is 0.121 e. The Morgan fingerprint density at radius 3 is 2.71 bits per heavy atom. The van der Waals surface area contributed by atoms with Crippen LogP contribution in [0.15, 0.2) is 24.3 Å². The van der Waals surface area contributed by atoms with Crippen LogP contribution in [0, 0.1) is 13.8 Å². The summed E-state index contributed by atoms with van der Waals surface area (Å²) in [7, 11) is 0. The number of aromatic amines is 1. The van der Waals surface area contributed by atoms with E-state index in [2.05, 4.69) is 60.3 Å². The van der Waals surface area contributed by atoms with Crippen molar-refractivity contribution >= 4 is 0 Å². The Morgan fingerprint density at radius 2 is 2.00 bits per heavy atom. The molecule has 1 heterocycles. The molecule has 0 aliphatic heterocycles. The van der Waals surface area contributed by atoms with Gasteiger partial charge in [-0.25, -0.2) is 4.98 Å². The average molecular weight is 229 g/mol. The van der Waals surface area contributed by atoms with Crippen LogP contribution in [0.4, 0.5) is 0 Å². The second-order valence-electron chi connectivity index (χ2n) is 4.25. The lowest BCUT2D eigenvalue weighted by molar-refractivity contribution is 0.697. The van der Waals surface area contributed by atoms with Gasteiger partial charge < -0.3 is 10.3 Å². The molecule has 3 nitrogen and oxygen atoms in total. The van der Waals surface area contributed by atoms with Gasteiger partial charge in [0, 0.05) is 11.3 Å². The molecule has 0 fully saturated rings. The van der Waals surface area contributed by atoms with Gasteiger partial charge in [0.1, 0.15) is 5.82 Å². The predicted octanol–water partition coefficient (Wildman–Crippen LogP) is 2.80. The highest BCUT2D eigenvalue weighted by atomic mass is 15.0. The fourth-order valence-corrected chi connectivity index (χ4v) is 1.95. The SMILES string of the molecule is CCNCc1nc(-c2ccccc2C)c(C)[nH]1. The number of nitrogens with one attached hydrogen (secondary N) is 2. The van der Waals surface area contributed by atoms with E-state index < -0.39 is 0 Å². The molecule has 1 aromatic carbocycles. The van der Waals surface area contributed by atoms with E-state index >= 15 is 0 Å². The minimum Gasteiger partial charge on any atom is -0.344 e. The normalized spacial score (nSPS) is 10.8. The molecule has 3 heteroatoms. The van der Waals surface area contributed by atoms with Gasteiger partial charge in [-0.2, -0.15) is 0 Å². The van der Waals surface area contributed by atoms with Crippen molar-refractivity contribution in [1.82, 2.24) is 15.3 Å². The van der Waals surface area contributed by atoms with Crippen molar-refractivity contribution in [2.75, 3.05) is 6.54 Å². The number of benzene rings is 1. The van der Waals surface area contributed by atoms with Gasteiger partial charge in [0.05, 0.1) is 12.2 Å². The van der Waals surface area contributed by atoms with Crippen LogP contribution in [0.1, 0.15) is 24.0 Å². The van der Waals surface area contributed by atoms with Crippen molar-refractivity contribution < 1.29 is 0 Å². The molecule has 2 aromatic rings. The quantitative estimate of drug-likeness (QED) is 0.846. The summed E-state index contributed by atoms with van der Waals surface area (Å²) in [6.45, 7) is 8.04. The largest absolute Gasteiger partial charge is 0.344 e. The van der Waals surface area contributed by atoms with Crippen molar-refractivity contribution in [2.45, 2.75) is 27.3 Å². The number of aromatic nitrogens is 2. The van der Waals surface area contributed by atoms with Crippen molar-refractivity contribution in [1.29, 1.82) is 0 Å². The number of rotatable bonds is 4. The van der Waals surface area contributed by atoms with Crippen LogP contribution in [0.25, 0.3) is 11.3 Å². The molecular weight excluding hydrogens is 210 g/mol. The topological polar surface area (TPSA) is 40.7 Å². The fraction of sp³-hybridized carbons (Fsp3) is 0.357. The molecule has 0 aliphatic rings. The van der Waals surface area contributed by atoms with Crippen LogP contribution >= 0.6 is 0 Å². The standard InChI is InChI=1S/C14H19N3/c1-4-15-9-13-16-11(3)14(17-13)12-8-6-5-7-10(12)2/h5-8,15H,4,9H2,1-3H3,(H,16,17). The van der Waals surface area contributed by atoms with E-state index in [1.807, 2.05) is 0 Å². The third kappa shape index (κ3) is 2.56. The monoisotopic (exact) mass is 229 g/mol. The Kier molecular flexibility index (Phi) is 3.59. The second kappa shape index (κ2) is 5.15. The Bertz CT molecular complexity index is 500. The van der Waals surface area contributed by atoms with E-state index in [1.54, 1.807) is 0 Å². The van der Waals surface area contributed by atoms with Gasteiger partial charge in [0.15, 0.2) is 0 Å². The molecule has 1 aromatic heterocycles. The third-order valence-corrected chi connectivity index (χ3v) is 2.88. The zero-order valence-electron chi connectivity index (χ0n) is 10.7. The Labute approximate surface area is 102 Å². The van der Waals surface area contributed by atoms with E-state index in [4.69, 9.17) is 0 Å². The molecule has 17 heavy (non-hydrogen) atoms. The first-order chi connectivity index (χ1) is 8.22. The zero-order valence-corrected chi connectivity index (χ0v) is 10.7. The highest BCUT2D eigenvalue weighted by molar-refractivity contribution is 5.65. The van der Waals surface area contributed by atoms with Gasteiger partial charge in [-0.05, 0) is 26.0 Å². The Morgan fingerprint density at radius 1 is 1.24 bits per heavy atom. The number of hydrogen-bond acceptors (Lipinski definition) is 2. The number of hydrogen-bond donors (Lipinski definition) is 2. The summed E-state index contributed by atoms with van der Waals surface area (Å²) in [5.74, 6) is 1.00. The first kappa shape index (κ1) is 11.9. The molecule has 0 saturated carbocycles. The fourth-order valence-electron chi connectivity index (χ4n) is 1.95. The van der Waals surface area contributed by atoms with E-state index in [0.717, 1.165) is 30.3 Å². The highest BCUT2D eigenvalue weighted by Gasteiger charge is 2.10. The van der Waals surface area contributed by atoms with Gasteiger partial charge >= 0.3 is 0 Å². The minimum atomic E-state index is 0.795. The summed E-state index contributed by atoms with van der Waals surface area (Å²) in [4.78, 5) is 7.99. The summed E-state index contributed by atoms with van der Waals surface area (Å²) in [5.41, 5.74) is 4.67. The lowest BCUT2D eigenvalue weighted by Crippen LogP contribution is -2.12. The molecule has 2 N–H and O–H groups in total. The Hall–Kier alpha value is -1.61. The molecule has 0 unspecified atom stereocenters. The molecule has 0 radical (unpaired) electrons. The molecule has 0 spiro atoms. The van der Waals surface area contributed by atoms with Crippen molar-refractivity contribution in [3.8, 4) is 11.3 Å². The minimum absolute atomic E-state index is 0.795. The number of imidazole rings is 1. The molecule has 0 atom stereocenters. The first-order valence-corrected chi connectivity index (χ1v) is 6.04. The van der Waals surface area contributed by atoms with Crippen LogP contribution in [0.5, 0.6) is 0 Å². The Balaban J connectivity index is 2.33. The summed E-state index contributed by atoms with van der Waals surface area (Å²) >= 11 is 0. The third-order valence-electron chi connectivity index (χ3n) is 2.88. The molecule has 0 aliphatic carbocycles.